The first-order chi connectivity index (χ1) is 9.53. The molecule has 0 aliphatic rings. The highest BCUT2D eigenvalue weighted by atomic mass is 35.5. The summed E-state index contributed by atoms with van der Waals surface area (Å²) in [7, 11) is -3.68. The van der Waals surface area contributed by atoms with Crippen molar-refractivity contribution >= 4 is 27.3 Å². The molecular weight excluding hydrogens is 302 g/mol. The Morgan fingerprint density at radius 1 is 1.40 bits per heavy atom. The SMILES string of the molecule is CCCOc1ccc(NS(=O)(=O)c2ccn[nH]2)cc1Cl. The lowest BCUT2D eigenvalue weighted by Gasteiger charge is -2.10. The highest BCUT2D eigenvalue weighted by molar-refractivity contribution is 7.92. The van der Waals surface area contributed by atoms with E-state index in [1.54, 1.807) is 12.1 Å². The van der Waals surface area contributed by atoms with Crippen LogP contribution in [0, 0.1) is 0 Å². The van der Waals surface area contributed by atoms with Crippen LogP contribution in [0.3, 0.4) is 0 Å². The van der Waals surface area contributed by atoms with Gasteiger partial charge in [0, 0.05) is 0 Å². The third-order valence-corrected chi connectivity index (χ3v) is 4.02. The van der Waals surface area contributed by atoms with Gasteiger partial charge in [0.15, 0.2) is 5.03 Å². The number of halogens is 1. The van der Waals surface area contributed by atoms with Crippen molar-refractivity contribution in [2.45, 2.75) is 18.4 Å². The lowest BCUT2D eigenvalue weighted by Crippen LogP contribution is -2.13. The molecule has 0 saturated heterocycles. The molecule has 0 atom stereocenters. The van der Waals surface area contributed by atoms with Crippen LogP contribution in [0.15, 0.2) is 35.5 Å². The molecule has 1 aromatic heterocycles. The second-order valence-electron chi connectivity index (χ2n) is 4.02. The number of nitrogens with zero attached hydrogens (tertiary/aromatic N) is 1. The van der Waals surface area contributed by atoms with Crippen LogP contribution in [0.25, 0.3) is 0 Å². The minimum Gasteiger partial charge on any atom is -0.492 e. The molecule has 0 bridgehead atoms. The molecule has 0 unspecified atom stereocenters. The minimum absolute atomic E-state index is 0.0140. The quantitative estimate of drug-likeness (QED) is 0.858. The number of hydrogen-bond acceptors (Lipinski definition) is 4. The molecule has 2 aromatic rings. The number of H-pyrrole nitrogens is 1. The van der Waals surface area contributed by atoms with Crippen molar-refractivity contribution in [3.05, 3.63) is 35.5 Å². The number of hydrogen-bond donors (Lipinski definition) is 2. The van der Waals surface area contributed by atoms with E-state index in [1.165, 1.54) is 18.3 Å². The van der Waals surface area contributed by atoms with Gasteiger partial charge in [-0.1, -0.05) is 18.5 Å². The number of anilines is 1. The molecule has 0 amide bonds. The molecule has 2 rings (SSSR count). The van der Waals surface area contributed by atoms with Crippen LogP contribution < -0.4 is 9.46 Å². The van der Waals surface area contributed by atoms with Gasteiger partial charge in [0.05, 0.1) is 23.5 Å². The van der Waals surface area contributed by atoms with Gasteiger partial charge in [-0.3, -0.25) is 9.82 Å². The van der Waals surface area contributed by atoms with E-state index in [0.29, 0.717) is 23.1 Å². The van der Waals surface area contributed by atoms with Crippen LogP contribution in [0.5, 0.6) is 5.75 Å². The summed E-state index contributed by atoms with van der Waals surface area (Å²) < 4.78 is 31.8. The number of aromatic amines is 1. The van der Waals surface area contributed by atoms with Gasteiger partial charge in [-0.15, -0.1) is 0 Å². The zero-order chi connectivity index (χ0) is 14.6. The molecule has 0 spiro atoms. The summed E-state index contributed by atoms with van der Waals surface area (Å²) >= 11 is 6.04. The Morgan fingerprint density at radius 3 is 2.80 bits per heavy atom. The Hall–Kier alpha value is -1.73. The summed E-state index contributed by atoms with van der Waals surface area (Å²) in [6.45, 7) is 2.54. The van der Waals surface area contributed by atoms with E-state index >= 15 is 0 Å². The van der Waals surface area contributed by atoms with Gasteiger partial charge in [0.2, 0.25) is 0 Å². The van der Waals surface area contributed by atoms with Gasteiger partial charge in [0.25, 0.3) is 10.0 Å². The maximum absolute atomic E-state index is 12.0. The average Bonchev–Trinajstić information content (AvgIpc) is 2.92. The van der Waals surface area contributed by atoms with E-state index in [1.807, 2.05) is 6.92 Å². The second kappa shape index (κ2) is 6.15. The third kappa shape index (κ3) is 3.43. The molecule has 1 heterocycles. The molecule has 1 aromatic carbocycles. The van der Waals surface area contributed by atoms with Gasteiger partial charge < -0.3 is 4.74 Å². The second-order valence-corrected chi connectivity index (χ2v) is 6.08. The molecule has 0 saturated carbocycles. The molecule has 108 valence electrons. The summed E-state index contributed by atoms with van der Waals surface area (Å²) in [5.74, 6) is 0.526. The Kier molecular flexibility index (Phi) is 4.51. The summed E-state index contributed by atoms with van der Waals surface area (Å²) in [6, 6.07) is 6.08. The maximum atomic E-state index is 12.0. The largest absolute Gasteiger partial charge is 0.492 e. The fourth-order valence-corrected chi connectivity index (χ4v) is 2.69. The Morgan fingerprint density at radius 2 is 2.20 bits per heavy atom. The summed E-state index contributed by atoms with van der Waals surface area (Å²) in [6.07, 6.45) is 2.23. The van der Waals surface area contributed by atoms with Crippen LogP contribution in [0.2, 0.25) is 5.02 Å². The van der Waals surface area contributed by atoms with Gasteiger partial charge >= 0.3 is 0 Å². The van der Waals surface area contributed by atoms with Crippen LogP contribution in [-0.4, -0.2) is 25.2 Å². The predicted molar refractivity (Wildman–Crippen MR) is 76.6 cm³/mol. The minimum atomic E-state index is -3.68. The van der Waals surface area contributed by atoms with Crippen LogP contribution in [0.4, 0.5) is 5.69 Å². The zero-order valence-electron chi connectivity index (χ0n) is 10.8. The zero-order valence-corrected chi connectivity index (χ0v) is 12.3. The number of ether oxygens (including phenoxy) is 1. The maximum Gasteiger partial charge on any atom is 0.278 e. The van der Waals surface area contributed by atoms with Crippen molar-refractivity contribution in [2.75, 3.05) is 11.3 Å². The van der Waals surface area contributed by atoms with Crippen molar-refractivity contribution < 1.29 is 13.2 Å². The standard InChI is InChI=1S/C12H14ClN3O3S/c1-2-7-19-11-4-3-9(8-10(11)13)16-20(17,18)12-5-6-14-15-12/h3-6,8,16H,2,7H2,1H3,(H,14,15). The normalized spacial score (nSPS) is 11.3. The topological polar surface area (TPSA) is 84.1 Å². The first kappa shape index (κ1) is 14.7. The lowest BCUT2D eigenvalue weighted by atomic mass is 10.3. The Balaban J connectivity index is 2.17. The highest BCUT2D eigenvalue weighted by Gasteiger charge is 2.16. The number of aromatic nitrogens is 2. The van der Waals surface area contributed by atoms with Crippen LogP contribution in [-0.2, 0) is 10.0 Å². The van der Waals surface area contributed by atoms with E-state index in [-0.39, 0.29) is 5.03 Å². The van der Waals surface area contributed by atoms with Crippen molar-refractivity contribution in [1.82, 2.24) is 10.2 Å². The monoisotopic (exact) mass is 315 g/mol. The van der Waals surface area contributed by atoms with E-state index in [2.05, 4.69) is 14.9 Å². The Bertz CT molecular complexity index is 671. The Labute approximate surface area is 122 Å². The molecular formula is C12H14ClN3O3S. The van der Waals surface area contributed by atoms with Crippen LogP contribution >= 0.6 is 11.6 Å². The first-order valence-corrected chi connectivity index (χ1v) is 7.83. The summed E-state index contributed by atoms with van der Waals surface area (Å²) in [5, 5.41) is 6.33. The summed E-state index contributed by atoms with van der Waals surface area (Å²) in [4.78, 5) is 0. The molecule has 2 N–H and O–H groups in total. The molecule has 6 nitrogen and oxygen atoms in total. The predicted octanol–water partition coefficient (Wildman–Crippen LogP) is 2.65. The van der Waals surface area contributed by atoms with Gasteiger partial charge in [-0.05, 0) is 30.7 Å². The number of rotatable bonds is 6. The lowest BCUT2D eigenvalue weighted by molar-refractivity contribution is 0.317. The smallest absolute Gasteiger partial charge is 0.278 e. The van der Waals surface area contributed by atoms with Gasteiger partial charge in [-0.2, -0.15) is 13.5 Å². The highest BCUT2D eigenvalue weighted by Crippen LogP contribution is 2.28. The fraction of sp³-hybridized carbons (Fsp3) is 0.250. The number of benzene rings is 1. The molecule has 20 heavy (non-hydrogen) atoms. The molecule has 0 aliphatic carbocycles. The van der Waals surface area contributed by atoms with E-state index in [0.717, 1.165) is 6.42 Å². The van der Waals surface area contributed by atoms with Gasteiger partial charge in [0.1, 0.15) is 5.75 Å². The van der Waals surface area contributed by atoms with E-state index < -0.39 is 10.0 Å². The molecule has 0 aliphatic heterocycles. The van der Waals surface area contributed by atoms with Crippen molar-refractivity contribution in [2.24, 2.45) is 0 Å². The average molecular weight is 316 g/mol. The van der Waals surface area contributed by atoms with Crippen molar-refractivity contribution in [3.63, 3.8) is 0 Å². The van der Waals surface area contributed by atoms with Crippen LogP contribution in [0.1, 0.15) is 13.3 Å². The van der Waals surface area contributed by atoms with E-state index in [4.69, 9.17) is 16.3 Å². The van der Waals surface area contributed by atoms with E-state index in [9.17, 15) is 8.42 Å². The van der Waals surface area contributed by atoms with Crippen molar-refractivity contribution in [3.8, 4) is 5.75 Å². The summed E-state index contributed by atoms with van der Waals surface area (Å²) in [5.41, 5.74) is 0.355. The fourth-order valence-electron chi connectivity index (χ4n) is 1.50. The van der Waals surface area contributed by atoms with Crippen molar-refractivity contribution in [1.29, 1.82) is 0 Å². The number of nitrogens with one attached hydrogen (secondary N) is 2. The number of sulfonamides is 1. The molecule has 8 heteroatoms. The first-order valence-electron chi connectivity index (χ1n) is 5.97. The molecule has 0 radical (unpaired) electrons. The molecule has 0 fully saturated rings. The van der Waals surface area contributed by atoms with Gasteiger partial charge in [-0.25, -0.2) is 0 Å². The third-order valence-electron chi connectivity index (χ3n) is 2.41.